The molecule has 0 bridgehead atoms. The third-order valence-electron chi connectivity index (χ3n) is 3.35. The van der Waals surface area contributed by atoms with E-state index in [1.165, 1.54) is 24.3 Å². The number of nitrogens with zero attached hydrogens (tertiary/aromatic N) is 2. The van der Waals surface area contributed by atoms with Crippen LogP contribution in [-0.4, -0.2) is 22.3 Å². The molecule has 0 atom stereocenters. The van der Waals surface area contributed by atoms with E-state index in [-0.39, 0.29) is 10.9 Å². The summed E-state index contributed by atoms with van der Waals surface area (Å²) in [6.07, 6.45) is 1.90. The second kappa shape index (κ2) is 8.10. The van der Waals surface area contributed by atoms with Crippen LogP contribution in [0.2, 0.25) is 5.15 Å². The molecule has 5 nitrogen and oxygen atoms in total. The summed E-state index contributed by atoms with van der Waals surface area (Å²) in [6.45, 7) is 1.52. The molecule has 0 saturated heterocycles. The number of amides is 1. The van der Waals surface area contributed by atoms with Gasteiger partial charge in [0.1, 0.15) is 10.9 Å². The van der Waals surface area contributed by atoms with Crippen LogP contribution in [0.15, 0.2) is 24.3 Å². The van der Waals surface area contributed by atoms with Crippen molar-refractivity contribution < 1.29 is 18.3 Å². The molecule has 1 aromatic heterocycles. The first-order valence-corrected chi connectivity index (χ1v) is 7.89. The highest BCUT2D eigenvalue weighted by molar-refractivity contribution is 6.33. The lowest BCUT2D eigenvalue weighted by Crippen LogP contribution is -2.13. The second-order valence-electron chi connectivity index (χ2n) is 5.18. The van der Waals surface area contributed by atoms with Crippen molar-refractivity contribution in [3.8, 4) is 5.75 Å². The molecule has 0 radical (unpaired) electrons. The maximum absolute atomic E-state index is 12.4. The van der Waals surface area contributed by atoms with E-state index in [9.17, 15) is 13.6 Å². The van der Waals surface area contributed by atoms with Crippen molar-refractivity contribution in [2.45, 2.75) is 39.8 Å². The minimum absolute atomic E-state index is 0.0181. The molecule has 1 N–H and O–H groups in total. The Kier molecular flexibility index (Phi) is 6.14. The standard InChI is InChI=1S/C16H18ClF2N3O2/c1-3-4-9-22-14(17)13(10(2)21-22)15(23)20-11-5-7-12(8-6-11)24-16(18)19/h5-8,16H,3-4,9H2,1-2H3,(H,20,23). The van der Waals surface area contributed by atoms with Gasteiger partial charge < -0.3 is 10.1 Å². The summed E-state index contributed by atoms with van der Waals surface area (Å²) in [7, 11) is 0. The lowest BCUT2D eigenvalue weighted by Gasteiger charge is -2.07. The number of halogens is 3. The minimum atomic E-state index is -2.89. The van der Waals surface area contributed by atoms with Gasteiger partial charge in [0.15, 0.2) is 0 Å². The fourth-order valence-electron chi connectivity index (χ4n) is 2.18. The normalized spacial score (nSPS) is 10.9. The number of ether oxygens (including phenoxy) is 1. The highest BCUT2D eigenvalue weighted by atomic mass is 35.5. The minimum Gasteiger partial charge on any atom is -0.435 e. The highest BCUT2D eigenvalue weighted by Gasteiger charge is 2.20. The molecule has 8 heteroatoms. The van der Waals surface area contributed by atoms with Crippen LogP contribution in [0.25, 0.3) is 0 Å². The number of rotatable bonds is 7. The molecule has 0 aliphatic rings. The van der Waals surface area contributed by atoms with Gasteiger partial charge in [0.05, 0.1) is 11.3 Å². The summed E-state index contributed by atoms with van der Waals surface area (Å²) < 4.78 is 30.1. The zero-order chi connectivity index (χ0) is 17.7. The summed E-state index contributed by atoms with van der Waals surface area (Å²) in [5.74, 6) is -0.382. The predicted octanol–water partition coefficient (Wildman–Crippen LogP) is 4.50. The number of alkyl halides is 2. The van der Waals surface area contributed by atoms with Crippen LogP contribution in [-0.2, 0) is 6.54 Å². The molecule has 130 valence electrons. The SMILES string of the molecule is CCCCn1nc(C)c(C(=O)Nc2ccc(OC(F)F)cc2)c1Cl. The smallest absolute Gasteiger partial charge is 0.387 e. The first kappa shape index (κ1) is 18.2. The van der Waals surface area contributed by atoms with Gasteiger partial charge in [0.25, 0.3) is 5.91 Å². The number of aryl methyl sites for hydroxylation is 2. The van der Waals surface area contributed by atoms with Gasteiger partial charge in [0.2, 0.25) is 0 Å². The Morgan fingerprint density at radius 1 is 1.38 bits per heavy atom. The van der Waals surface area contributed by atoms with Crippen molar-refractivity contribution in [3.05, 3.63) is 40.7 Å². The first-order valence-electron chi connectivity index (χ1n) is 7.51. The molecule has 1 heterocycles. The maximum Gasteiger partial charge on any atom is 0.387 e. The predicted molar refractivity (Wildman–Crippen MR) is 87.9 cm³/mol. The van der Waals surface area contributed by atoms with E-state index >= 15 is 0 Å². The number of hydrogen-bond acceptors (Lipinski definition) is 3. The number of hydrogen-bond donors (Lipinski definition) is 1. The van der Waals surface area contributed by atoms with E-state index < -0.39 is 12.5 Å². The topological polar surface area (TPSA) is 56.2 Å². The van der Waals surface area contributed by atoms with Gasteiger partial charge in [-0.05, 0) is 37.6 Å². The Hall–Kier alpha value is -2.15. The van der Waals surface area contributed by atoms with Crippen LogP contribution in [0.4, 0.5) is 14.5 Å². The number of benzene rings is 1. The molecular formula is C16H18ClF2N3O2. The monoisotopic (exact) mass is 357 g/mol. The summed E-state index contributed by atoms with van der Waals surface area (Å²) >= 11 is 6.25. The van der Waals surface area contributed by atoms with Crippen molar-refractivity contribution in [1.29, 1.82) is 0 Å². The van der Waals surface area contributed by atoms with Crippen LogP contribution in [0.3, 0.4) is 0 Å². The number of nitrogens with one attached hydrogen (secondary N) is 1. The van der Waals surface area contributed by atoms with E-state index in [1.54, 1.807) is 11.6 Å². The summed E-state index contributed by atoms with van der Waals surface area (Å²) in [5.41, 5.74) is 1.28. The van der Waals surface area contributed by atoms with Crippen LogP contribution in [0.5, 0.6) is 5.75 Å². The van der Waals surface area contributed by atoms with Crippen molar-refractivity contribution in [3.63, 3.8) is 0 Å². The molecule has 0 unspecified atom stereocenters. The van der Waals surface area contributed by atoms with Crippen molar-refractivity contribution in [2.24, 2.45) is 0 Å². The fraction of sp³-hybridized carbons (Fsp3) is 0.375. The Labute approximate surface area is 143 Å². The molecule has 0 aliphatic carbocycles. The Balaban J connectivity index is 2.11. The van der Waals surface area contributed by atoms with Gasteiger partial charge in [-0.3, -0.25) is 9.48 Å². The number of unbranched alkanes of at least 4 members (excludes halogenated alkanes) is 1. The average molecular weight is 358 g/mol. The highest BCUT2D eigenvalue weighted by Crippen LogP contribution is 2.23. The molecule has 0 spiro atoms. The summed E-state index contributed by atoms with van der Waals surface area (Å²) in [6, 6.07) is 5.64. The molecule has 2 aromatic rings. The van der Waals surface area contributed by atoms with Crippen molar-refractivity contribution in [1.82, 2.24) is 9.78 Å². The van der Waals surface area contributed by atoms with Crippen LogP contribution >= 0.6 is 11.6 Å². The molecular weight excluding hydrogens is 340 g/mol. The van der Waals surface area contributed by atoms with Gasteiger partial charge >= 0.3 is 6.61 Å². The molecule has 24 heavy (non-hydrogen) atoms. The van der Waals surface area contributed by atoms with E-state index in [1.807, 2.05) is 0 Å². The third kappa shape index (κ3) is 4.44. The molecule has 2 rings (SSSR count). The van der Waals surface area contributed by atoms with Gasteiger partial charge in [-0.2, -0.15) is 13.9 Å². The third-order valence-corrected chi connectivity index (χ3v) is 3.74. The molecule has 1 amide bonds. The van der Waals surface area contributed by atoms with E-state index in [0.29, 0.717) is 23.5 Å². The molecule has 0 aliphatic heterocycles. The van der Waals surface area contributed by atoms with E-state index in [4.69, 9.17) is 11.6 Å². The number of anilines is 1. The van der Waals surface area contributed by atoms with Crippen LogP contribution in [0, 0.1) is 6.92 Å². The quantitative estimate of drug-likeness (QED) is 0.793. The van der Waals surface area contributed by atoms with E-state index in [0.717, 1.165) is 12.8 Å². The second-order valence-corrected chi connectivity index (χ2v) is 5.54. The summed E-state index contributed by atoms with van der Waals surface area (Å²) in [4.78, 5) is 12.4. The average Bonchev–Trinajstić information content (AvgIpc) is 2.80. The van der Waals surface area contributed by atoms with Gasteiger partial charge in [-0.15, -0.1) is 0 Å². The molecule has 0 fully saturated rings. The Morgan fingerprint density at radius 2 is 2.04 bits per heavy atom. The lowest BCUT2D eigenvalue weighted by atomic mass is 10.2. The molecule has 1 aromatic carbocycles. The largest absolute Gasteiger partial charge is 0.435 e. The number of carbonyl (C=O) groups is 1. The number of carbonyl (C=O) groups excluding carboxylic acids is 1. The van der Waals surface area contributed by atoms with Crippen LogP contribution < -0.4 is 10.1 Å². The van der Waals surface area contributed by atoms with Crippen molar-refractivity contribution in [2.75, 3.05) is 5.32 Å². The molecule has 0 saturated carbocycles. The van der Waals surface area contributed by atoms with Gasteiger partial charge in [-0.25, -0.2) is 0 Å². The maximum atomic E-state index is 12.4. The van der Waals surface area contributed by atoms with Crippen LogP contribution in [0.1, 0.15) is 35.8 Å². The zero-order valence-electron chi connectivity index (χ0n) is 13.4. The van der Waals surface area contributed by atoms with Gasteiger partial charge in [0, 0.05) is 12.2 Å². The number of aromatic nitrogens is 2. The summed E-state index contributed by atoms with van der Waals surface area (Å²) in [5, 5.41) is 7.24. The Morgan fingerprint density at radius 3 is 2.62 bits per heavy atom. The van der Waals surface area contributed by atoms with Crippen molar-refractivity contribution >= 4 is 23.2 Å². The zero-order valence-corrected chi connectivity index (χ0v) is 14.1. The fourth-order valence-corrected chi connectivity index (χ4v) is 2.53. The first-order chi connectivity index (χ1) is 11.4. The lowest BCUT2D eigenvalue weighted by molar-refractivity contribution is -0.0498. The van der Waals surface area contributed by atoms with Gasteiger partial charge in [-0.1, -0.05) is 24.9 Å². The van der Waals surface area contributed by atoms with E-state index in [2.05, 4.69) is 22.1 Å². The Bertz CT molecular complexity index is 702.